The van der Waals surface area contributed by atoms with Crippen molar-refractivity contribution in [3.8, 4) is 33.4 Å². The van der Waals surface area contributed by atoms with E-state index in [1.54, 1.807) is 0 Å². The molecule has 0 spiro atoms. The lowest BCUT2D eigenvalue weighted by Crippen LogP contribution is -2.47. The van der Waals surface area contributed by atoms with Crippen LogP contribution in [0.2, 0.25) is 0 Å². The van der Waals surface area contributed by atoms with Gasteiger partial charge >= 0.3 is 41.8 Å². The highest BCUT2D eigenvalue weighted by molar-refractivity contribution is 5.96. The number of aliphatic hydroxyl groups excluding tert-OH is 3. The normalized spacial score (nSPS) is 11.9. The van der Waals surface area contributed by atoms with E-state index in [0.717, 1.165) is 68.3 Å². The van der Waals surface area contributed by atoms with Crippen LogP contribution in [0.5, 0.6) is 0 Å². The molecule has 30 nitrogen and oxygen atoms in total. The van der Waals surface area contributed by atoms with E-state index in [1.807, 2.05) is 152 Å². The first kappa shape index (κ1) is 73.0. The molecule has 0 aliphatic carbocycles. The smallest absolute Gasteiger partial charge is 0.356 e. The Labute approximate surface area is 546 Å². The lowest BCUT2D eigenvalue weighted by Gasteiger charge is -2.24. The van der Waals surface area contributed by atoms with Crippen LogP contribution in [0.25, 0.3) is 33.4 Å². The Morgan fingerprint density at radius 2 is 0.812 bits per heavy atom. The summed E-state index contributed by atoms with van der Waals surface area (Å²) in [6.07, 6.45) is -4.17. The number of methoxy groups -OCH3 is 2. The molecule has 3 aromatic heterocycles. The van der Waals surface area contributed by atoms with Gasteiger partial charge in [-0.15, -0.1) is 0 Å². The van der Waals surface area contributed by atoms with Gasteiger partial charge in [0.2, 0.25) is 0 Å². The molecular formula is C66H67N11O19. The van der Waals surface area contributed by atoms with Crippen molar-refractivity contribution in [3.63, 3.8) is 0 Å². The number of amides is 2. The summed E-state index contributed by atoms with van der Waals surface area (Å²) in [4.78, 5) is 101. The van der Waals surface area contributed by atoms with Crippen LogP contribution in [0.1, 0.15) is 86.0 Å². The minimum Gasteiger partial charge on any atom is -0.479 e. The first-order chi connectivity index (χ1) is 45.9. The second-order valence-corrected chi connectivity index (χ2v) is 20.7. The van der Waals surface area contributed by atoms with Gasteiger partial charge in [-0.25, -0.2) is 43.6 Å². The number of aromatic carboxylic acids is 4. The van der Waals surface area contributed by atoms with E-state index in [9.17, 15) is 58.5 Å². The maximum absolute atomic E-state index is 12.6. The summed E-state index contributed by atoms with van der Waals surface area (Å²) in [6, 6.07) is 55.3. The number of rotatable bonds is 26. The molecule has 0 saturated heterocycles. The molecular weight excluding hydrogens is 1250 g/mol. The van der Waals surface area contributed by atoms with Gasteiger partial charge < -0.3 is 55.6 Å². The maximum Gasteiger partial charge on any atom is 0.356 e. The lowest BCUT2D eigenvalue weighted by atomic mass is 9.97. The number of hydrogen-bond donors (Lipinski definition) is 14. The van der Waals surface area contributed by atoms with E-state index in [4.69, 9.17) is 31.4 Å². The van der Waals surface area contributed by atoms with Crippen molar-refractivity contribution >= 4 is 53.6 Å². The lowest BCUT2D eigenvalue weighted by molar-refractivity contribution is -0.151. The highest BCUT2D eigenvalue weighted by Gasteiger charge is 2.26. The molecule has 9 rings (SSSR count). The standard InChI is InChI=1S/C23H23N3O6.C21H20N4O6.C17H20N2O3.C5H4N2O4/c1-32-23(31)20(27)12-17(24-21(28)18-13-19(22(29)30)26-25-18)11-14-7-9-16(10-8-14)15-5-3-2-4-6-15;26-18(21(30)31)12-25(24-19(27)16-10-17(20(28)29)23-22-16)11-13-6-8-15(9-7-13)14-4-2-1-3-5-14;1-22-17(21)16(20)12-19(18)11-13-7-9-15(10-8-13)14-5-3-2-4-6-14;8-4(9)2-1-3(5(10)11)7-6-2/h2-10,13,17,20,27H,11-12H2,1H3,(H,24,28)(H,25,26)(H,29,30);1-10,18,26H,11-12H2,(H,22,23)(H,24,27)(H,28,29)(H,30,31);2-10,16,20H,11-12,18H2,1H3;1H,(H,6,7)(H,8,9)(H,10,11)/t17?,20-;18-;16-;/m111./s1. The Bertz CT molecular complexity index is 4010. The SMILES string of the molecule is COC(=O)[C@H](O)CC(Cc1ccc(-c2ccccc2)cc1)NC(=O)c1cc(C(=O)O)[nH]n1.COC(=O)[C@H](O)CN(N)Cc1ccc(-c2ccccc2)cc1.O=C(NN(Cc1ccc(-c2ccccc2)cc1)C[C@@H](O)C(=O)O)c1cc(C(=O)O)[nH]n1.O=C(O)c1cc(C(=O)O)[nH]n1. The summed E-state index contributed by atoms with van der Waals surface area (Å²) >= 11 is 0. The summed E-state index contributed by atoms with van der Waals surface area (Å²) < 4.78 is 9.02. The van der Waals surface area contributed by atoms with E-state index in [2.05, 4.69) is 62.9 Å². The highest BCUT2D eigenvalue weighted by atomic mass is 16.5. The number of nitrogens with two attached hydrogens (primary N) is 1. The van der Waals surface area contributed by atoms with Crippen LogP contribution in [0.15, 0.2) is 182 Å². The molecule has 500 valence electrons. The number of aromatic nitrogens is 6. The number of nitrogens with zero attached hydrogens (tertiary/aromatic N) is 5. The Morgan fingerprint density at radius 1 is 0.448 bits per heavy atom. The van der Waals surface area contributed by atoms with Gasteiger partial charge in [0.05, 0.1) is 27.3 Å². The van der Waals surface area contributed by atoms with Gasteiger partial charge in [0.1, 0.15) is 17.1 Å². The molecule has 96 heavy (non-hydrogen) atoms. The molecule has 0 bridgehead atoms. The third kappa shape index (κ3) is 22.9. The van der Waals surface area contributed by atoms with Gasteiger partial charge in [-0.1, -0.05) is 164 Å². The van der Waals surface area contributed by atoms with Crippen LogP contribution in [0.4, 0.5) is 0 Å². The number of esters is 2. The minimum atomic E-state index is -1.74. The largest absolute Gasteiger partial charge is 0.479 e. The molecule has 1 unspecified atom stereocenters. The average molecular weight is 1320 g/mol. The molecule has 9 aromatic rings. The number of aromatic amines is 3. The average Bonchev–Trinajstić information content (AvgIpc) is 1.46. The Balaban J connectivity index is 0.000000213. The van der Waals surface area contributed by atoms with Crippen LogP contribution >= 0.6 is 0 Å². The van der Waals surface area contributed by atoms with Crippen LogP contribution in [-0.4, -0.2) is 187 Å². The third-order valence-corrected chi connectivity index (χ3v) is 13.7. The molecule has 0 aliphatic heterocycles. The van der Waals surface area contributed by atoms with Crippen molar-refractivity contribution in [1.29, 1.82) is 0 Å². The van der Waals surface area contributed by atoms with Gasteiger partial charge in [0.15, 0.2) is 35.4 Å². The molecule has 6 aromatic carbocycles. The van der Waals surface area contributed by atoms with Crippen LogP contribution in [0.3, 0.4) is 0 Å². The molecule has 0 fully saturated rings. The summed E-state index contributed by atoms with van der Waals surface area (Å²) in [5.41, 5.74) is 10.2. The molecule has 0 saturated carbocycles. The number of ether oxygens (including phenoxy) is 2. The second kappa shape index (κ2) is 36.3. The zero-order valence-corrected chi connectivity index (χ0v) is 51.3. The first-order valence-corrected chi connectivity index (χ1v) is 28.7. The Hall–Kier alpha value is -12.1. The van der Waals surface area contributed by atoms with Crippen molar-refractivity contribution < 1.29 is 93.5 Å². The van der Waals surface area contributed by atoms with Crippen LogP contribution in [-0.2, 0) is 43.4 Å². The predicted molar refractivity (Wildman–Crippen MR) is 341 cm³/mol. The zero-order chi connectivity index (χ0) is 69.8. The second-order valence-electron chi connectivity index (χ2n) is 20.7. The Kier molecular flexibility index (Phi) is 27.6. The van der Waals surface area contributed by atoms with Crippen LogP contribution < -0.4 is 16.6 Å². The topological polar surface area (TPSA) is 477 Å². The predicted octanol–water partition coefficient (Wildman–Crippen LogP) is 4.78. The number of nitrogens with one attached hydrogen (secondary N) is 5. The number of carbonyl (C=O) groups excluding carboxylic acids is 4. The molecule has 0 radical (unpaired) electrons. The molecule has 2 amide bonds. The number of aliphatic carboxylic acids is 1. The van der Waals surface area contributed by atoms with E-state index in [1.165, 1.54) is 24.2 Å². The first-order valence-electron chi connectivity index (χ1n) is 28.7. The summed E-state index contributed by atoms with van der Waals surface area (Å²) in [7, 11) is 2.40. The van der Waals surface area contributed by atoms with Crippen molar-refractivity contribution in [2.24, 2.45) is 5.84 Å². The quantitative estimate of drug-likeness (QED) is 0.0197. The molecule has 0 aliphatic rings. The van der Waals surface area contributed by atoms with Crippen molar-refractivity contribution in [1.82, 2.24) is 51.4 Å². The summed E-state index contributed by atoms with van der Waals surface area (Å²) in [5, 5.41) is 95.4. The molecule has 3 heterocycles. The maximum atomic E-state index is 12.6. The van der Waals surface area contributed by atoms with Gasteiger partial charge in [-0.3, -0.25) is 36.2 Å². The third-order valence-electron chi connectivity index (χ3n) is 13.7. The van der Waals surface area contributed by atoms with E-state index >= 15 is 0 Å². The minimum absolute atomic E-state index is 0.0209. The van der Waals surface area contributed by atoms with Gasteiger partial charge in [0, 0.05) is 43.8 Å². The number of carboxylic acid groups (broad SMARTS) is 5. The number of aliphatic hydroxyl groups is 3. The van der Waals surface area contributed by atoms with Crippen molar-refractivity contribution in [3.05, 3.63) is 233 Å². The number of carbonyl (C=O) groups is 9. The van der Waals surface area contributed by atoms with E-state index < -0.39 is 84.5 Å². The van der Waals surface area contributed by atoms with E-state index in [0.29, 0.717) is 13.0 Å². The number of hydrazine groups is 2. The zero-order valence-electron chi connectivity index (χ0n) is 51.3. The number of carboxylic acids is 5. The number of benzene rings is 6. The number of H-pyrrole nitrogens is 3. The van der Waals surface area contributed by atoms with Gasteiger partial charge in [-0.05, 0) is 56.5 Å². The van der Waals surface area contributed by atoms with Crippen molar-refractivity contribution in [2.45, 2.75) is 50.3 Å². The highest BCUT2D eigenvalue weighted by Crippen LogP contribution is 2.23. The molecule has 30 heteroatoms. The van der Waals surface area contributed by atoms with Gasteiger partial charge in [-0.2, -0.15) is 15.3 Å². The fourth-order valence-electron chi connectivity index (χ4n) is 8.79. The molecule has 15 N–H and O–H groups in total. The van der Waals surface area contributed by atoms with E-state index in [-0.39, 0.29) is 53.7 Å². The van der Waals surface area contributed by atoms with Gasteiger partial charge in [0.25, 0.3) is 11.8 Å². The van der Waals surface area contributed by atoms with Crippen LogP contribution in [0, 0.1) is 0 Å². The molecule has 4 atom stereocenters. The Morgan fingerprint density at radius 3 is 1.19 bits per heavy atom. The van der Waals surface area contributed by atoms with Crippen molar-refractivity contribution in [2.75, 3.05) is 27.3 Å². The summed E-state index contributed by atoms with van der Waals surface area (Å²) in [6.45, 7) is 0.162. The fraction of sp³-hybridized carbons (Fsp3) is 0.182. The summed E-state index contributed by atoms with van der Waals surface area (Å²) in [5.74, 6) is -3.50. The monoisotopic (exact) mass is 1320 g/mol. The number of hydrogen-bond acceptors (Lipinski definition) is 20. The fourth-order valence-corrected chi connectivity index (χ4v) is 8.79.